The molecule has 322 valence electrons. The van der Waals surface area contributed by atoms with Crippen LogP contribution in [0, 0.1) is 37.0 Å². The standard InChI is InChI=1S/C18H14N.C17H9FNO.2C11H8N.2Ir/c1-14-8-10-15(11-9-14)16-5-4-6-17(13-16)18-7-2-3-12-19-18;18-13-9-8-11(14-6-3-4-10-19-14)17-16(13)12-5-1-2-7-15(12)20-17;2*1-2-6-10(7-3-1)11-8-4-5-9-12-11;;/h2-5,7-13H,1H3;1-7,9-10H;2*1-6,8-9H;;/q4*-1;;. The molecule has 11 rings (SSSR count). The van der Waals surface area contributed by atoms with Crippen molar-refractivity contribution in [3.05, 3.63) is 255 Å². The Balaban J connectivity index is 0.000000146. The summed E-state index contributed by atoms with van der Waals surface area (Å²) in [6.07, 6.45) is 7.08. The van der Waals surface area contributed by atoms with Crippen molar-refractivity contribution in [3.63, 3.8) is 0 Å². The van der Waals surface area contributed by atoms with E-state index in [1.54, 1.807) is 18.6 Å². The van der Waals surface area contributed by atoms with Crippen LogP contribution in [0.5, 0.6) is 0 Å². The van der Waals surface area contributed by atoms with Gasteiger partial charge in [0.2, 0.25) is 0 Å². The minimum Gasteiger partial charge on any atom is -0.500 e. The number of nitrogens with zero attached hydrogens (tertiary/aromatic N) is 4. The van der Waals surface area contributed by atoms with E-state index in [1.165, 1.54) is 22.8 Å². The van der Waals surface area contributed by atoms with E-state index >= 15 is 0 Å². The smallest absolute Gasteiger partial charge is 0.121 e. The molecule has 6 aromatic carbocycles. The fourth-order valence-corrected chi connectivity index (χ4v) is 6.64. The first-order valence-electron chi connectivity index (χ1n) is 20.3. The monoisotopic (exact) mass is 1200 g/mol. The molecule has 8 heteroatoms. The number of pyridine rings is 4. The van der Waals surface area contributed by atoms with Crippen LogP contribution >= 0.6 is 0 Å². The van der Waals surface area contributed by atoms with Gasteiger partial charge in [-0.1, -0.05) is 102 Å². The van der Waals surface area contributed by atoms with E-state index in [0.29, 0.717) is 22.1 Å². The Morgan fingerprint density at radius 1 is 0.446 bits per heavy atom. The maximum absolute atomic E-state index is 14.1. The van der Waals surface area contributed by atoms with E-state index in [4.69, 9.17) is 4.42 Å². The van der Waals surface area contributed by atoms with Crippen LogP contribution < -0.4 is 0 Å². The summed E-state index contributed by atoms with van der Waals surface area (Å²) in [5.41, 5.74) is 12.2. The molecule has 0 saturated heterocycles. The van der Waals surface area contributed by atoms with Gasteiger partial charge < -0.3 is 24.4 Å². The summed E-state index contributed by atoms with van der Waals surface area (Å²) in [6.45, 7) is 2.10. The zero-order chi connectivity index (χ0) is 43.1. The molecule has 0 aliphatic carbocycles. The molecular formula is C57H39FIr2N4O-4. The Kier molecular flexibility index (Phi) is 17.6. The number of hydrogen-bond donors (Lipinski definition) is 0. The molecule has 0 N–H and O–H groups in total. The first kappa shape index (κ1) is 47.4. The number of aryl methyl sites for hydroxylation is 1. The summed E-state index contributed by atoms with van der Waals surface area (Å²) in [5, 5.41) is 1.26. The minimum atomic E-state index is -0.329. The maximum atomic E-state index is 14.1. The second kappa shape index (κ2) is 24.1. The van der Waals surface area contributed by atoms with Gasteiger partial charge in [0.15, 0.2) is 0 Å². The summed E-state index contributed by atoms with van der Waals surface area (Å²) in [7, 11) is 0. The molecule has 11 aromatic rings. The summed E-state index contributed by atoms with van der Waals surface area (Å²) in [5.74, 6) is -0.329. The minimum absolute atomic E-state index is 0. The van der Waals surface area contributed by atoms with E-state index in [9.17, 15) is 4.39 Å². The molecule has 0 atom stereocenters. The number of furan rings is 1. The molecule has 0 unspecified atom stereocenters. The summed E-state index contributed by atoms with van der Waals surface area (Å²) < 4.78 is 19.9. The maximum Gasteiger partial charge on any atom is 0.121 e. The van der Waals surface area contributed by atoms with Crippen molar-refractivity contribution in [2.75, 3.05) is 0 Å². The van der Waals surface area contributed by atoms with Crippen LogP contribution in [0.2, 0.25) is 0 Å². The quantitative estimate of drug-likeness (QED) is 0.161. The number of benzene rings is 6. The number of halogens is 1. The van der Waals surface area contributed by atoms with E-state index < -0.39 is 0 Å². The molecule has 5 heterocycles. The largest absolute Gasteiger partial charge is 0.500 e. The molecule has 0 spiro atoms. The van der Waals surface area contributed by atoms with E-state index in [-0.39, 0.29) is 46.0 Å². The molecule has 0 bridgehead atoms. The topological polar surface area (TPSA) is 64.7 Å². The van der Waals surface area contributed by atoms with Crippen LogP contribution in [0.15, 0.2) is 223 Å². The van der Waals surface area contributed by atoms with Gasteiger partial charge in [0.25, 0.3) is 0 Å². The van der Waals surface area contributed by atoms with Gasteiger partial charge in [-0.15, -0.1) is 119 Å². The van der Waals surface area contributed by atoms with Crippen molar-refractivity contribution in [2.45, 2.75) is 6.92 Å². The van der Waals surface area contributed by atoms with Crippen molar-refractivity contribution in [3.8, 4) is 56.2 Å². The number of para-hydroxylation sites is 1. The van der Waals surface area contributed by atoms with Crippen LogP contribution in [-0.2, 0) is 40.2 Å². The van der Waals surface area contributed by atoms with Crippen molar-refractivity contribution in [1.82, 2.24) is 19.9 Å². The van der Waals surface area contributed by atoms with Crippen molar-refractivity contribution >= 4 is 21.9 Å². The van der Waals surface area contributed by atoms with Crippen LogP contribution in [-0.4, -0.2) is 19.9 Å². The second-order valence-corrected chi connectivity index (χ2v) is 14.1. The predicted octanol–water partition coefficient (Wildman–Crippen LogP) is 14.2. The van der Waals surface area contributed by atoms with Crippen molar-refractivity contribution in [2.24, 2.45) is 0 Å². The van der Waals surface area contributed by atoms with Crippen LogP contribution in [0.3, 0.4) is 0 Å². The van der Waals surface area contributed by atoms with Gasteiger partial charge >= 0.3 is 0 Å². The fourth-order valence-electron chi connectivity index (χ4n) is 6.64. The van der Waals surface area contributed by atoms with E-state index in [1.807, 2.05) is 158 Å². The first-order valence-corrected chi connectivity index (χ1v) is 20.3. The van der Waals surface area contributed by atoms with Crippen LogP contribution in [0.1, 0.15) is 5.56 Å². The molecule has 65 heavy (non-hydrogen) atoms. The SMILES string of the molecule is Cc1ccc(-c2cc[c-]c(-c3ccccn3)c2)cc1.Fc1c[c-]c(-c2ccccn2)c2oc3ccccc3c12.[Ir].[Ir].[c-]1ccccc1-c1ccccn1.[c-]1ccccc1-c1ccccn1. The van der Waals surface area contributed by atoms with E-state index in [2.05, 4.69) is 87.5 Å². The average Bonchev–Trinajstić information content (AvgIpc) is 3.77. The Bertz CT molecular complexity index is 2960. The first-order chi connectivity index (χ1) is 31.1. The molecule has 5 nitrogen and oxygen atoms in total. The zero-order valence-corrected chi connectivity index (χ0v) is 39.8. The molecular weight excluding hydrogens is 1160 g/mol. The van der Waals surface area contributed by atoms with Crippen molar-refractivity contribution < 1.29 is 49.0 Å². The molecule has 0 aliphatic heterocycles. The molecule has 2 radical (unpaired) electrons. The normalized spacial score (nSPS) is 10.1. The van der Waals surface area contributed by atoms with E-state index in [0.717, 1.165) is 44.9 Å². The zero-order valence-electron chi connectivity index (χ0n) is 35.0. The predicted molar refractivity (Wildman–Crippen MR) is 251 cm³/mol. The number of rotatable bonds is 5. The number of aromatic nitrogens is 4. The van der Waals surface area contributed by atoms with Crippen LogP contribution in [0.4, 0.5) is 4.39 Å². The van der Waals surface area contributed by atoms with Crippen LogP contribution in [0.25, 0.3) is 78.1 Å². The van der Waals surface area contributed by atoms with Crippen molar-refractivity contribution in [1.29, 1.82) is 0 Å². The molecule has 0 saturated carbocycles. The Morgan fingerprint density at radius 3 is 1.46 bits per heavy atom. The third-order valence-corrected chi connectivity index (χ3v) is 9.75. The molecule has 0 fully saturated rings. The van der Waals surface area contributed by atoms with Gasteiger partial charge in [0, 0.05) is 76.2 Å². The summed E-state index contributed by atoms with van der Waals surface area (Å²) >= 11 is 0. The summed E-state index contributed by atoms with van der Waals surface area (Å²) in [6, 6.07) is 74.8. The third kappa shape index (κ3) is 12.6. The second-order valence-electron chi connectivity index (χ2n) is 14.1. The Morgan fingerprint density at radius 2 is 0.938 bits per heavy atom. The molecule has 0 aliphatic rings. The number of hydrogen-bond acceptors (Lipinski definition) is 5. The van der Waals surface area contributed by atoms with Gasteiger partial charge in [-0.2, -0.15) is 0 Å². The Labute approximate surface area is 405 Å². The summed E-state index contributed by atoms with van der Waals surface area (Å²) in [4.78, 5) is 17.1. The Hall–Kier alpha value is -7.05. The molecule has 0 amide bonds. The third-order valence-electron chi connectivity index (χ3n) is 9.75. The van der Waals surface area contributed by atoms with Gasteiger partial charge in [0.05, 0.1) is 5.58 Å². The van der Waals surface area contributed by atoms with Gasteiger partial charge in [-0.3, -0.25) is 4.39 Å². The number of fused-ring (bicyclic) bond motifs is 3. The van der Waals surface area contributed by atoms with Gasteiger partial charge in [-0.05, 0) is 71.0 Å². The average molecular weight is 1200 g/mol. The van der Waals surface area contributed by atoms with Gasteiger partial charge in [-0.25, -0.2) is 0 Å². The molecule has 5 aromatic heterocycles. The van der Waals surface area contributed by atoms with Gasteiger partial charge in [0.1, 0.15) is 5.58 Å². The fraction of sp³-hybridized carbons (Fsp3) is 0.0175.